The molecule has 3 amide bonds. The summed E-state index contributed by atoms with van der Waals surface area (Å²) in [5.41, 5.74) is 3.40. The first-order valence-corrected chi connectivity index (χ1v) is 14.0. The monoisotopic (exact) mass is 587 g/mol. The molecular formula is C32H36FN6O4+. The zero-order valence-corrected chi connectivity index (χ0v) is 24.8. The topological polar surface area (TPSA) is 117 Å². The van der Waals surface area contributed by atoms with Gasteiger partial charge in [-0.1, -0.05) is 12.6 Å². The molecule has 1 aliphatic rings. The molecule has 11 heteroatoms. The number of hydrogen-bond acceptors (Lipinski definition) is 7. The van der Waals surface area contributed by atoms with Crippen molar-refractivity contribution in [2.24, 2.45) is 0 Å². The van der Waals surface area contributed by atoms with Crippen LogP contribution in [-0.4, -0.2) is 75.6 Å². The number of pyridine rings is 2. The Bertz CT molecular complexity index is 1570. The molecule has 0 fully saturated rings. The number of benzene rings is 1. The molecule has 1 aliphatic heterocycles. The molecule has 43 heavy (non-hydrogen) atoms. The number of halogens is 1. The fourth-order valence-electron chi connectivity index (χ4n) is 4.84. The Morgan fingerprint density at radius 2 is 1.93 bits per heavy atom. The maximum absolute atomic E-state index is 14.2. The molecule has 3 heterocycles. The number of carbonyl (C=O) groups excluding carboxylic acids is 3. The zero-order valence-electron chi connectivity index (χ0n) is 24.8. The predicted molar refractivity (Wildman–Crippen MR) is 161 cm³/mol. The van der Waals surface area contributed by atoms with Gasteiger partial charge in [0.05, 0.1) is 24.3 Å². The lowest BCUT2D eigenvalue weighted by molar-refractivity contribution is -0.451. The second kappa shape index (κ2) is 13.9. The van der Waals surface area contributed by atoms with E-state index in [1.54, 1.807) is 30.7 Å². The van der Waals surface area contributed by atoms with Crippen LogP contribution < -0.4 is 15.4 Å². The first-order chi connectivity index (χ1) is 20.6. The summed E-state index contributed by atoms with van der Waals surface area (Å²) in [6.45, 7) is 13.4. The van der Waals surface area contributed by atoms with Crippen LogP contribution in [0.5, 0.6) is 5.75 Å². The standard InChI is InChI=1S/C32H35FN6O4/c1-6-29(40)39-14-13-38(18-22(39)5)19-28(26-11-10-20(3)17-36-26)43-27-15-21(4)23(16-24(27)31(41)34-7-2)32(42)37-30-25(33)9-8-12-35-30/h6,8-12,15-17,28H,1,7,13-14,18-19H2,2-5H3,(H-,34,35,37,41,42)/p+1/t28-/m1/s1. The summed E-state index contributed by atoms with van der Waals surface area (Å²) in [6.07, 6.45) is 3.86. The lowest BCUT2D eigenvalue weighted by Crippen LogP contribution is -2.47. The summed E-state index contributed by atoms with van der Waals surface area (Å²) in [5, 5.41) is 5.26. The predicted octanol–water partition coefficient (Wildman–Crippen LogP) is 3.86. The van der Waals surface area contributed by atoms with Crippen molar-refractivity contribution in [2.45, 2.75) is 33.8 Å². The first-order valence-electron chi connectivity index (χ1n) is 14.0. The first kappa shape index (κ1) is 31.2. The molecule has 1 atom stereocenters. The van der Waals surface area contributed by atoms with Crippen molar-refractivity contribution in [3.8, 4) is 5.75 Å². The Morgan fingerprint density at radius 1 is 1.14 bits per heavy atom. The van der Waals surface area contributed by atoms with Crippen LogP contribution in [0.1, 0.15) is 57.5 Å². The van der Waals surface area contributed by atoms with Crippen molar-refractivity contribution in [3.05, 3.63) is 95.2 Å². The number of carbonyl (C=O) groups is 3. The van der Waals surface area contributed by atoms with Crippen molar-refractivity contribution in [1.82, 2.24) is 20.2 Å². The number of amides is 3. The van der Waals surface area contributed by atoms with Crippen LogP contribution in [0.25, 0.3) is 0 Å². The summed E-state index contributed by atoms with van der Waals surface area (Å²) in [7, 11) is 0. The molecule has 2 N–H and O–H groups in total. The van der Waals surface area contributed by atoms with Crippen LogP contribution >= 0.6 is 0 Å². The number of aromatic nitrogens is 2. The number of anilines is 1. The maximum atomic E-state index is 14.2. The fraction of sp³-hybridized carbons (Fsp3) is 0.312. The molecule has 0 spiro atoms. The van der Waals surface area contributed by atoms with Crippen LogP contribution in [0, 0.1) is 19.7 Å². The summed E-state index contributed by atoms with van der Waals surface area (Å²) in [4.78, 5) is 49.3. The van der Waals surface area contributed by atoms with Gasteiger partial charge in [-0.25, -0.2) is 14.2 Å². The van der Waals surface area contributed by atoms with Gasteiger partial charge in [-0.2, -0.15) is 4.58 Å². The minimum absolute atomic E-state index is 0.137. The van der Waals surface area contributed by atoms with Gasteiger partial charge in [0, 0.05) is 44.0 Å². The SMILES string of the molecule is C=CC(=O)[N+]1=C(C)CN(C[C@@H](Oc2cc(C)c(C(=O)Nc3ncccc3F)cc2C(=O)NCC)c2ccc(C)cn2)CC1. The third-order valence-electron chi connectivity index (χ3n) is 7.09. The average Bonchev–Trinajstić information content (AvgIpc) is 2.98. The van der Waals surface area contributed by atoms with Gasteiger partial charge < -0.3 is 15.4 Å². The second-order valence-corrected chi connectivity index (χ2v) is 10.3. The van der Waals surface area contributed by atoms with E-state index in [1.807, 2.05) is 26.0 Å². The molecule has 0 unspecified atom stereocenters. The van der Waals surface area contributed by atoms with Crippen molar-refractivity contribution in [2.75, 3.05) is 38.0 Å². The normalized spacial score (nSPS) is 14.2. The van der Waals surface area contributed by atoms with Crippen LogP contribution in [0.3, 0.4) is 0 Å². The van der Waals surface area contributed by atoms with Crippen LogP contribution in [-0.2, 0) is 4.79 Å². The minimum Gasteiger partial charge on any atom is -0.482 e. The lowest BCUT2D eigenvalue weighted by atomic mass is 10.0. The molecule has 0 radical (unpaired) electrons. The summed E-state index contributed by atoms with van der Waals surface area (Å²) >= 11 is 0. The molecule has 1 aromatic carbocycles. The van der Waals surface area contributed by atoms with Gasteiger partial charge in [-0.05, 0) is 62.2 Å². The molecule has 0 aliphatic carbocycles. The Morgan fingerprint density at radius 3 is 2.58 bits per heavy atom. The second-order valence-electron chi connectivity index (χ2n) is 10.3. The Labute approximate surface area is 250 Å². The minimum atomic E-state index is -0.673. The highest BCUT2D eigenvalue weighted by Gasteiger charge is 2.30. The lowest BCUT2D eigenvalue weighted by Gasteiger charge is -2.29. The van der Waals surface area contributed by atoms with Gasteiger partial charge in [0.1, 0.15) is 5.75 Å². The quantitative estimate of drug-likeness (QED) is 0.273. The highest BCUT2D eigenvalue weighted by molar-refractivity contribution is 6.07. The molecule has 0 saturated heterocycles. The van der Waals surface area contributed by atoms with E-state index >= 15 is 0 Å². The van der Waals surface area contributed by atoms with E-state index in [-0.39, 0.29) is 28.6 Å². The Hall–Kier alpha value is -4.77. The molecule has 10 nitrogen and oxygen atoms in total. The van der Waals surface area contributed by atoms with Gasteiger partial charge in [-0.15, -0.1) is 0 Å². The molecular weight excluding hydrogens is 551 g/mol. The number of aryl methyl sites for hydroxylation is 2. The summed E-state index contributed by atoms with van der Waals surface area (Å²) < 4.78 is 22.4. The van der Waals surface area contributed by atoms with E-state index in [0.717, 1.165) is 11.3 Å². The third-order valence-corrected chi connectivity index (χ3v) is 7.09. The number of hydrogen-bond donors (Lipinski definition) is 2. The van der Waals surface area contributed by atoms with Gasteiger partial charge in [0.15, 0.2) is 30.0 Å². The summed E-state index contributed by atoms with van der Waals surface area (Å²) in [6, 6.07) is 9.53. The fourth-order valence-corrected chi connectivity index (χ4v) is 4.84. The number of nitrogens with one attached hydrogen (secondary N) is 2. The van der Waals surface area contributed by atoms with E-state index in [1.165, 1.54) is 30.5 Å². The van der Waals surface area contributed by atoms with Crippen molar-refractivity contribution in [1.29, 1.82) is 0 Å². The van der Waals surface area contributed by atoms with E-state index in [4.69, 9.17) is 4.74 Å². The molecule has 2 aromatic heterocycles. The summed E-state index contributed by atoms with van der Waals surface area (Å²) in [5.74, 6) is -1.78. The average molecular weight is 588 g/mol. The zero-order chi connectivity index (χ0) is 31.1. The third kappa shape index (κ3) is 7.55. The maximum Gasteiger partial charge on any atom is 0.411 e. The van der Waals surface area contributed by atoms with Gasteiger partial charge in [0.2, 0.25) is 0 Å². The van der Waals surface area contributed by atoms with Gasteiger partial charge in [-0.3, -0.25) is 19.5 Å². The van der Waals surface area contributed by atoms with Gasteiger partial charge in [0.25, 0.3) is 11.8 Å². The Kier molecular flexibility index (Phi) is 10.1. The molecule has 3 aromatic rings. The Balaban J connectivity index is 1.68. The molecule has 0 bridgehead atoms. The van der Waals surface area contributed by atoms with E-state index < -0.39 is 23.7 Å². The smallest absolute Gasteiger partial charge is 0.411 e. The van der Waals surface area contributed by atoms with E-state index in [2.05, 4.69) is 32.1 Å². The van der Waals surface area contributed by atoms with Crippen LogP contribution in [0.4, 0.5) is 10.2 Å². The molecule has 4 rings (SSSR count). The highest BCUT2D eigenvalue weighted by atomic mass is 19.1. The highest BCUT2D eigenvalue weighted by Crippen LogP contribution is 2.30. The van der Waals surface area contributed by atoms with Crippen molar-refractivity contribution < 1.29 is 28.1 Å². The largest absolute Gasteiger partial charge is 0.482 e. The van der Waals surface area contributed by atoms with Crippen LogP contribution in [0.15, 0.2) is 61.4 Å². The van der Waals surface area contributed by atoms with E-state index in [0.29, 0.717) is 44.0 Å². The van der Waals surface area contributed by atoms with E-state index in [9.17, 15) is 18.8 Å². The van der Waals surface area contributed by atoms with Crippen molar-refractivity contribution >= 4 is 29.3 Å². The number of ether oxygens (including phenoxy) is 1. The number of rotatable bonds is 10. The van der Waals surface area contributed by atoms with Gasteiger partial charge >= 0.3 is 5.91 Å². The molecule has 0 saturated carbocycles. The number of nitrogens with zero attached hydrogens (tertiary/aromatic N) is 4. The van der Waals surface area contributed by atoms with Crippen molar-refractivity contribution in [3.63, 3.8) is 0 Å². The molecule has 224 valence electrons. The van der Waals surface area contributed by atoms with Crippen LogP contribution in [0.2, 0.25) is 0 Å².